The van der Waals surface area contributed by atoms with Crippen LogP contribution in [0.2, 0.25) is 0 Å². The number of ether oxygens (including phenoxy) is 2. The highest BCUT2D eigenvalue weighted by Gasteiger charge is 2.27. The van der Waals surface area contributed by atoms with Crippen LogP contribution in [0.25, 0.3) is 0 Å². The first-order chi connectivity index (χ1) is 15.6. The van der Waals surface area contributed by atoms with Crippen LogP contribution in [-0.4, -0.2) is 103 Å². The average Bonchev–Trinajstić information content (AvgIpc) is 2.99. The number of amides is 4. The average molecular weight is 494 g/mol. The van der Waals surface area contributed by atoms with Gasteiger partial charge in [0, 0.05) is 33.2 Å². The van der Waals surface area contributed by atoms with E-state index in [1.807, 2.05) is 41.5 Å². The van der Waals surface area contributed by atoms with Crippen LogP contribution in [0.5, 0.6) is 0 Å². The highest BCUT2D eigenvalue weighted by atomic mass is 19.1. The Labute approximate surface area is 205 Å². The highest BCUT2D eigenvalue weighted by molar-refractivity contribution is 5.83. The van der Waals surface area contributed by atoms with Crippen molar-refractivity contribution in [3.05, 3.63) is 0 Å². The Morgan fingerprint density at radius 2 is 1.35 bits per heavy atom. The Morgan fingerprint density at radius 1 is 0.912 bits per heavy atom. The second kappa shape index (κ2) is 15.3. The molecule has 0 saturated carbocycles. The molecule has 2 fully saturated rings. The number of carbonyl (C=O) groups is 4. The zero-order valence-electron chi connectivity index (χ0n) is 22.0. The van der Waals surface area contributed by atoms with Crippen molar-refractivity contribution < 1.29 is 34.4 Å². The number of nitrogens with one attached hydrogen (secondary N) is 1. The van der Waals surface area contributed by atoms with Gasteiger partial charge in [-0.15, -0.1) is 0 Å². The van der Waals surface area contributed by atoms with E-state index in [0.717, 1.165) is 12.8 Å². The number of likely N-dealkylation sites (N-methyl/N-ethyl adjacent to an activating group) is 1. The monoisotopic (exact) mass is 493 g/mol. The van der Waals surface area contributed by atoms with Gasteiger partial charge in [-0.25, -0.2) is 9.59 Å². The number of alkyl halides is 1. The maximum absolute atomic E-state index is 11.8. The van der Waals surface area contributed by atoms with Crippen molar-refractivity contribution >= 4 is 24.0 Å². The molecule has 0 bridgehead atoms. The van der Waals surface area contributed by atoms with Crippen molar-refractivity contribution in [3.8, 4) is 0 Å². The van der Waals surface area contributed by atoms with Crippen LogP contribution < -0.4 is 5.32 Å². The summed E-state index contributed by atoms with van der Waals surface area (Å²) >= 11 is 0. The van der Waals surface area contributed by atoms with E-state index in [2.05, 4.69) is 5.32 Å². The topological polar surface area (TPSA) is 108 Å². The third-order valence-electron chi connectivity index (χ3n) is 4.24. The van der Waals surface area contributed by atoms with Crippen LogP contribution in [0.1, 0.15) is 63.2 Å². The Morgan fingerprint density at radius 3 is 1.82 bits per heavy atom. The van der Waals surface area contributed by atoms with Gasteiger partial charge in [0.05, 0.1) is 8.52 Å². The van der Waals surface area contributed by atoms with Gasteiger partial charge in [0.2, 0.25) is 11.8 Å². The van der Waals surface area contributed by atoms with E-state index in [1.165, 1.54) is 9.80 Å². The standard InChI is InChI=1S/C11H20N2O3.C10H18N2O3.CH3F.CH4/c1-11(2,3)16-10(15)13-7-5-6-12(4)9(14)8-13;1-10(2,3)15-9(14)12-6-4-5-11-8(13)7-12;1-2;/h5-8H2,1-4H3;4-7H2,1-3H3,(H,11,13);1H3;1H4/i;;1D;. The van der Waals surface area contributed by atoms with Gasteiger partial charge in [-0.05, 0) is 54.4 Å². The van der Waals surface area contributed by atoms with Crippen LogP contribution >= 0.6 is 0 Å². The van der Waals surface area contributed by atoms with E-state index in [9.17, 15) is 23.6 Å². The lowest BCUT2D eigenvalue weighted by Crippen LogP contribution is -2.41. The summed E-state index contributed by atoms with van der Waals surface area (Å²) in [6.07, 6.45) is 0.739. The molecule has 0 aromatic carbocycles. The molecular weight excluding hydrogens is 447 g/mol. The highest BCUT2D eigenvalue weighted by Crippen LogP contribution is 2.12. The van der Waals surface area contributed by atoms with Gasteiger partial charge in [-0.2, -0.15) is 0 Å². The molecule has 2 saturated heterocycles. The summed E-state index contributed by atoms with van der Waals surface area (Å²) in [6, 6.07) is 0. The zero-order chi connectivity index (χ0) is 26.5. The SMILES string of the molecule is C.CC(C)(C)OC(=O)N1CCCNC(=O)C1.CN1CCCN(C(=O)OC(C)(C)C)CC1=O.[2H]CF. The van der Waals surface area contributed by atoms with Crippen molar-refractivity contribution in [2.45, 2.75) is 73.0 Å². The summed E-state index contributed by atoms with van der Waals surface area (Å²) in [5, 5.41) is 2.70. The molecule has 2 aliphatic rings. The minimum atomic E-state index is -1.00. The fourth-order valence-corrected chi connectivity index (χ4v) is 2.76. The first-order valence-corrected chi connectivity index (χ1v) is 10.9. The minimum Gasteiger partial charge on any atom is -0.444 e. The number of nitrogens with zero attached hydrogens (tertiary/aromatic N) is 3. The van der Waals surface area contributed by atoms with Crippen molar-refractivity contribution in [3.63, 3.8) is 0 Å². The molecule has 4 amide bonds. The molecule has 10 nitrogen and oxygen atoms in total. The molecule has 0 spiro atoms. The quantitative estimate of drug-likeness (QED) is 0.556. The molecule has 0 radical (unpaired) electrons. The van der Waals surface area contributed by atoms with Crippen molar-refractivity contribution in [2.24, 2.45) is 0 Å². The van der Waals surface area contributed by atoms with Gasteiger partial charge in [0.25, 0.3) is 0 Å². The van der Waals surface area contributed by atoms with Crippen molar-refractivity contribution in [2.75, 3.05) is 53.5 Å². The van der Waals surface area contributed by atoms with E-state index >= 15 is 0 Å². The lowest BCUT2D eigenvalue weighted by molar-refractivity contribution is -0.129. The lowest BCUT2D eigenvalue weighted by Gasteiger charge is -2.25. The number of rotatable bonds is 0. The Kier molecular flexibility index (Phi) is 14.2. The van der Waals surface area contributed by atoms with Gasteiger partial charge in [-0.3, -0.25) is 23.8 Å². The Hall–Kier alpha value is -2.59. The summed E-state index contributed by atoms with van der Waals surface area (Å²) in [6.45, 7) is 13.5. The Balaban J connectivity index is 0. The Bertz CT molecular complexity index is 682. The minimum absolute atomic E-state index is 0. The first kappa shape index (κ1) is 31.4. The first-order valence-electron chi connectivity index (χ1n) is 11.6. The van der Waals surface area contributed by atoms with E-state index < -0.39 is 30.5 Å². The summed E-state index contributed by atoms with van der Waals surface area (Å²) < 4.78 is 25.9. The molecule has 0 unspecified atom stereocenters. The summed E-state index contributed by atoms with van der Waals surface area (Å²) in [5.74, 6) is -0.165. The fraction of sp³-hybridized carbons (Fsp3) is 0.826. The predicted octanol–water partition coefficient (Wildman–Crippen LogP) is 3.05. The van der Waals surface area contributed by atoms with Gasteiger partial charge in [-0.1, -0.05) is 7.43 Å². The number of halogens is 1. The number of hydrogen-bond acceptors (Lipinski definition) is 6. The van der Waals surface area contributed by atoms with Crippen LogP contribution in [0.15, 0.2) is 0 Å². The molecule has 0 atom stereocenters. The van der Waals surface area contributed by atoms with Crippen LogP contribution in [0, 0.1) is 0 Å². The van der Waals surface area contributed by atoms with Crippen molar-refractivity contribution in [1.82, 2.24) is 20.0 Å². The van der Waals surface area contributed by atoms with Crippen LogP contribution in [0.4, 0.5) is 14.0 Å². The zero-order valence-corrected chi connectivity index (χ0v) is 21.0. The molecule has 2 rings (SSSR count). The second-order valence-corrected chi connectivity index (χ2v) is 9.68. The summed E-state index contributed by atoms with van der Waals surface area (Å²) in [7, 11) is 0.751. The third-order valence-corrected chi connectivity index (χ3v) is 4.24. The molecule has 34 heavy (non-hydrogen) atoms. The van der Waals surface area contributed by atoms with Crippen LogP contribution in [0.3, 0.4) is 0 Å². The maximum atomic E-state index is 11.8. The number of carbonyl (C=O) groups excluding carboxylic acids is 4. The van der Waals surface area contributed by atoms with E-state index in [4.69, 9.17) is 10.8 Å². The molecule has 200 valence electrons. The molecule has 1 N–H and O–H groups in total. The molecular formula is C23H45FN4O6. The molecule has 0 aromatic rings. The van der Waals surface area contributed by atoms with Crippen LogP contribution in [-0.2, 0) is 19.1 Å². The second-order valence-electron chi connectivity index (χ2n) is 9.68. The summed E-state index contributed by atoms with van der Waals surface area (Å²) in [5.41, 5.74) is -1.03. The van der Waals surface area contributed by atoms with Gasteiger partial charge >= 0.3 is 12.2 Å². The summed E-state index contributed by atoms with van der Waals surface area (Å²) in [4.78, 5) is 50.7. The third kappa shape index (κ3) is 14.5. The molecule has 2 aliphatic heterocycles. The maximum Gasteiger partial charge on any atom is 0.410 e. The van der Waals surface area contributed by atoms with Gasteiger partial charge in [0.1, 0.15) is 24.3 Å². The van der Waals surface area contributed by atoms with Crippen molar-refractivity contribution in [1.29, 1.82) is 0 Å². The lowest BCUT2D eigenvalue weighted by atomic mass is 10.2. The van der Waals surface area contributed by atoms with Gasteiger partial charge in [0.15, 0.2) is 0 Å². The van der Waals surface area contributed by atoms with E-state index in [-0.39, 0.29) is 32.3 Å². The molecule has 2 heterocycles. The van der Waals surface area contributed by atoms with E-state index in [0.29, 0.717) is 26.2 Å². The normalized spacial score (nSPS) is 17.2. The smallest absolute Gasteiger partial charge is 0.410 e. The molecule has 0 aliphatic carbocycles. The molecule has 11 heteroatoms. The van der Waals surface area contributed by atoms with E-state index in [1.54, 1.807) is 11.9 Å². The largest absolute Gasteiger partial charge is 0.444 e. The fourth-order valence-electron chi connectivity index (χ4n) is 2.76. The molecule has 0 aromatic heterocycles. The van der Waals surface area contributed by atoms with Gasteiger partial charge < -0.3 is 19.7 Å². The number of hydrogen-bond donors (Lipinski definition) is 1. The predicted molar refractivity (Wildman–Crippen MR) is 129 cm³/mol.